The molecule has 0 radical (unpaired) electrons. The van der Waals surface area contributed by atoms with Crippen LogP contribution in [0.2, 0.25) is 0 Å². The third kappa shape index (κ3) is 3.70. The van der Waals surface area contributed by atoms with E-state index in [0.717, 1.165) is 32.5 Å². The van der Waals surface area contributed by atoms with Gasteiger partial charge in [-0.3, -0.25) is 9.69 Å². The number of nitrogens with two attached hydrogens (primary N) is 1. The minimum atomic E-state index is -0.434. The Morgan fingerprint density at radius 3 is 2.42 bits per heavy atom. The van der Waals surface area contributed by atoms with Gasteiger partial charge in [0.25, 0.3) is 0 Å². The van der Waals surface area contributed by atoms with Crippen LogP contribution >= 0.6 is 15.9 Å². The van der Waals surface area contributed by atoms with E-state index in [1.807, 2.05) is 55.1 Å². The fourth-order valence-electron chi connectivity index (χ4n) is 4.85. The highest BCUT2D eigenvalue weighted by molar-refractivity contribution is 9.10. The normalized spacial score (nSPS) is 20.6. The molecule has 1 atom stereocenters. The average Bonchev–Trinajstić information content (AvgIpc) is 2.67. The summed E-state index contributed by atoms with van der Waals surface area (Å²) in [7, 11) is 0. The van der Waals surface area contributed by atoms with Gasteiger partial charge < -0.3 is 5.73 Å². The molecule has 0 saturated heterocycles. The molecule has 4 rings (SSSR count). The second-order valence-electron chi connectivity index (χ2n) is 9.32. The van der Waals surface area contributed by atoms with Gasteiger partial charge in [-0.1, -0.05) is 53.5 Å². The molecule has 0 saturated carbocycles. The Balaban J connectivity index is 2.01. The first kappa shape index (κ1) is 21.4. The number of ketones is 1. The first-order chi connectivity index (χ1) is 14.6. The van der Waals surface area contributed by atoms with E-state index in [0.29, 0.717) is 29.8 Å². The number of anilines is 1. The van der Waals surface area contributed by atoms with Gasteiger partial charge in [0.15, 0.2) is 5.78 Å². The van der Waals surface area contributed by atoms with E-state index in [4.69, 9.17) is 5.73 Å². The zero-order chi connectivity index (χ0) is 22.5. The van der Waals surface area contributed by atoms with E-state index in [2.05, 4.69) is 41.9 Å². The molecule has 2 N–H and O–H groups in total. The number of aryl methyl sites for hydroxylation is 2. The van der Waals surface area contributed by atoms with Crippen LogP contribution in [0.4, 0.5) is 5.69 Å². The molecule has 1 heterocycles. The summed E-state index contributed by atoms with van der Waals surface area (Å²) in [6.07, 6.45) is 1.17. The fourth-order valence-corrected chi connectivity index (χ4v) is 5.12. The highest BCUT2D eigenvalue weighted by Crippen LogP contribution is 2.50. The molecule has 0 spiro atoms. The number of carbonyl (C=O) groups is 1. The van der Waals surface area contributed by atoms with Crippen LogP contribution < -0.4 is 10.6 Å². The van der Waals surface area contributed by atoms with Gasteiger partial charge in [-0.25, -0.2) is 0 Å². The van der Waals surface area contributed by atoms with Crippen molar-refractivity contribution in [1.82, 2.24) is 0 Å². The fraction of sp³-hybridized carbons (Fsp3) is 0.308. The number of nitriles is 1. The van der Waals surface area contributed by atoms with Gasteiger partial charge in [-0.15, -0.1) is 0 Å². The standard InChI is InChI=1S/C26H26BrN3O/c1-15-5-10-19(16(2)11-15)23-20(14-28)25(29)30(18-8-6-17(27)7-9-18)21-12-26(3,4)13-22(31)24(21)23/h5-11,23H,12-13,29H2,1-4H3. The maximum atomic E-state index is 13.5. The predicted molar refractivity (Wildman–Crippen MR) is 127 cm³/mol. The Kier molecular flexibility index (Phi) is 5.31. The Morgan fingerprint density at radius 2 is 1.81 bits per heavy atom. The Bertz CT molecular complexity index is 1180. The minimum Gasteiger partial charge on any atom is -0.384 e. The molecule has 0 amide bonds. The molecular formula is C26H26BrN3O. The second kappa shape index (κ2) is 7.69. The van der Waals surface area contributed by atoms with E-state index < -0.39 is 5.92 Å². The Labute approximate surface area is 192 Å². The molecular weight excluding hydrogens is 450 g/mol. The van der Waals surface area contributed by atoms with Crippen LogP contribution in [0.5, 0.6) is 0 Å². The number of Topliss-reactive ketones (excluding diaryl/α,β-unsaturated/α-hetero) is 1. The summed E-state index contributed by atoms with van der Waals surface area (Å²) in [4.78, 5) is 15.5. The third-order valence-electron chi connectivity index (χ3n) is 6.20. The van der Waals surface area contributed by atoms with Crippen molar-refractivity contribution >= 4 is 27.4 Å². The van der Waals surface area contributed by atoms with Crippen molar-refractivity contribution < 1.29 is 4.79 Å². The number of nitrogens with zero attached hydrogens (tertiary/aromatic N) is 2. The highest BCUT2D eigenvalue weighted by atomic mass is 79.9. The third-order valence-corrected chi connectivity index (χ3v) is 6.73. The van der Waals surface area contributed by atoms with Gasteiger partial charge in [0.05, 0.1) is 17.6 Å². The lowest BCUT2D eigenvalue weighted by Gasteiger charge is -2.44. The van der Waals surface area contributed by atoms with Crippen LogP contribution in [-0.4, -0.2) is 5.78 Å². The van der Waals surface area contributed by atoms with Crippen molar-refractivity contribution in [3.8, 4) is 6.07 Å². The van der Waals surface area contributed by atoms with E-state index in [1.54, 1.807) is 0 Å². The SMILES string of the molecule is Cc1ccc(C2C(C#N)=C(N)N(c3ccc(Br)cc3)C3=C2C(=O)CC(C)(C)C3)c(C)c1. The van der Waals surface area contributed by atoms with Crippen molar-refractivity contribution in [3.63, 3.8) is 0 Å². The van der Waals surface area contributed by atoms with Gasteiger partial charge >= 0.3 is 0 Å². The van der Waals surface area contributed by atoms with Crippen LogP contribution in [0.25, 0.3) is 0 Å². The highest BCUT2D eigenvalue weighted by Gasteiger charge is 2.44. The maximum absolute atomic E-state index is 13.5. The summed E-state index contributed by atoms with van der Waals surface area (Å²) in [5.74, 6) is 0.0635. The number of carbonyl (C=O) groups excluding carboxylic acids is 1. The Hall–Kier alpha value is -2.84. The van der Waals surface area contributed by atoms with Crippen molar-refractivity contribution in [3.05, 3.63) is 86.3 Å². The summed E-state index contributed by atoms with van der Waals surface area (Å²) in [5, 5.41) is 10.2. The molecule has 5 heteroatoms. The van der Waals surface area contributed by atoms with Crippen LogP contribution in [-0.2, 0) is 4.79 Å². The first-order valence-electron chi connectivity index (χ1n) is 10.4. The number of hydrogen-bond donors (Lipinski definition) is 1. The van der Waals surface area contributed by atoms with Crippen molar-refractivity contribution in [1.29, 1.82) is 5.26 Å². The lowest BCUT2D eigenvalue weighted by Crippen LogP contribution is -2.42. The van der Waals surface area contributed by atoms with Crippen molar-refractivity contribution in [2.45, 2.75) is 46.5 Å². The molecule has 0 aromatic heterocycles. The summed E-state index contributed by atoms with van der Waals surface area (Å²) < 4.78 is 0.957. The number of hydrogen-bond acceptors (Lipinski definition) is 4. The summed E-state index contributed by atoms with van der Waals surface area (Å²) in [5.41, 5.74) is 12.6. The lowest BCUT2D eigenvalue weighted by molar-refractivity contribution is -0.118. The second-order valence-corrected chi connectivity index (χ2v) is 10.2. The molecule has 2 aromatic rings. The molecule has 1 unspecified atom stereocenters. The molecule has 158 valence electrons. The van der Waals surface area contributed by atoms with Crippen molar-refractivity contribution in [2.24, 2.45) is 11.1 Å². The van der Waals surface area contributed by atoms with Crippen LogP contribution in [0.1, 0.15) is 49.3 Å². The van der Waals surface area contributed by atoms with Crippen LogP contribution in [0.15, 0.2) is 69.6 Å². The topological polar surface area (TPSA) is 70.1 Å². The van der Waals surface area contributed by atoms with Crippen LogP contribution in [0.3, 0.4) is 0 Å². The number of halogens is 1. The Morgan fingerprint density at radius 1 is 1.13 bits per heavy atom. The predicted octanol–water partition coefficient (Wildman–Crippen LogP) is 6.01. The molecule has 0 bridgehead atoms. The van der Waals surface area contributed by atoms with E-state index >= 15 is 0 Å². The largest absolute Gasteiger partial charge is 0.384 e. The van der Waals surface area contributed by atoms with E-state index in [-0.39, 0.29) is 11.2 Å². The first-order valence-corrected chi connectivity index (χ1v) is 11.2. The van der Waals surface area contributed by atoms with Gasteiger partial charge in [0, 0.05) is 27.9 Å². The molecule has 2 aromatic carbocycles. The molecule has 2 aliphatic rings. The van der Waals surface area contributed by atoms with Crippen LogP contribution in [0, 0.1) is 30.6 Å². The minimum absolute atomic E-state index is 0.0959. The molecule has 4 nitrogen and oxygen atoms in total. The molecule has 31 heavy (non-hydrogen) atoms. The zero-order valence-corrected chi connectivity index (χ0v) is 19.9. The lowest BCUT2D eigenvalue weighted by atomic mass is 9.68. The average molecular weight is 476 g/mol. The monoisotopic (exact) mass is 475 g/mol. The molecule has 1 aliphatic carbocycles. The summed E-state index contributed by atoms with van der Waals surface area (Å²) >= 11 is 3.48. The van der Waals surface area contributed by atoms with E-state index in [9.17, 15) is 10.1 Å². The maximum Gasteiger partial charge on any atom is 0.162 e. The quantitative estimate of drug-likeness (QED) is 0.577. The van der Waals surface area contributed by atoms with Crippen molar-refractivity contribution in [2.75, 3.05) is 4.90 Å². The number of allylic oxidation sites excluding steroid dienone is 3. The van der Waals surface area contributed by atoms with Gasteiger partial charge in [0.1, 0.15) is 5.82 Å². The molecule has 1 aliphatic heterocycles. The van der Waals surface area contributed by atoms with Gasteiger partial charge in [-0.05, 0) is 61.1 Å². The van der Waals surface area contributed by atoms with Gasteiger partial charge in [0.2, 0.25) is 0 Å². The number of benzene rings is 2. The summed E-state index contributed by atoms with van der Waals surface area (Å²) in [6, 6.07) is 16.3. The summed E-state index contributed by atoms with van der Waals surface area (Å²) in [6.45, 7) is 8.30. The smallest absolute Gasteiger partial charge is 0.162 e. The van der Waals surface area contributed by atoms with E-state index in [1.165, 1.54) is 0 Å². The van der Waals surface area contributed by atoms with Gasteiger partial charge in [-0.2, -0.15) is 5.26 Å². The number of rotatable bonds is 2. The zero-order valence-electron chi connectivity index (χ0n) is 18.3. The molecule has 0 fully saturated rings.